The lowest BCUT2D eigenvalue weighted by molar-refractivity contribution is 1.46. The van der Waals surface area contributed by atoms with E-state index >= 15 is 0 Å². The molecule has 98 valence electrons. The molecular weight excluding hydrogens is 260 g/mol. The van der Waals surface area contributed by atoms with Gasteiger partial charge in [-0.25, -0.2) is 0 Å². The predicted molar refractivity (Wildman–Crippen MR) is 89.6 cm³/mol. The van der Waals surface area contributed by atoms with Gasteiger partial charge in [-0.15, -0.1) is 11.8 Å². The summed E-state index contributed by atoms with van der Waals surface area (Å²) in [7, 11) is 0. The van der Waals surface area contributed by atoms with Gasteiger partial charge in [-0.3, -0.25) is 0 Å². The van der Waals surface area contributed by atoms with E-state index in [1.807, 2.05) is 42.5 Å². The van der Waals surface area contributed by atoms with Crippen LogP contribution >= 0.6 is 11.8 Å². The molecule has 0 saturated carbocycles. The maximum absolute atomic E-state index is 3.75. The molecule has 0 aliphatic heterocycles. The smallest absolute Gasteiger partial charge is 0.0598 e. The van der Waals surface area contributed by atoms with Crippen LogP contribution in [0.3, 0.4) is 0 Å². The van der Waals surface area contributed by atoms with E-state index in [-0.39, 0.29) is 0 Å². The van der Waals surface area contributed by atoms with Crippen molar-refractivity contribution in [1.82, 2.24) is 0 Å². The highest BCUT2D eigenvalue weighted by Gasteiger charge is 1.95. The third kappa shape index (κ3) is 4.50. The summed E-state index contributed by atoms with van der Waals surface area (Å²) in [5.74, 6) is 7.22. The lowest BCUT2D eigenvalue weighted by Crippen LogP contribution is -1.81. The summed E-state index contributed by atoms with van der Waals surface area (Å²) >= 11 is 1.75. The van der Waals surface area contributed by atoms with E-state index in [1.54, 1.807) is 17.8 Å². The number of rotatable bonds is 4. The van der Waals surface area contributed by atoms with Crippen LogP contribution in [0.25, 0.3) is 5.57 Å². The second-order valence-electron chi connectivity index (χ2n) is 4.09. The summed E-state index contributed by atoms with van der Waals surface area (Å²) < 4.78 is 0. The summed E-state index contributed by atoms with van der Waals surface area (Å²) in [5, 5.41) is 0. The van der Waals surface area contributed by atoms with Crippen LogP contribution in [0.1, 0.15) is 5.56 Å². The van der Waals surface area contributed by atoms with E-state index < -0.39 is 0 Å². The van der Waals surface area contributed by atoms with E-state index in [2.05, 4.69) is 42.7 Å². The van der Waals surface area contributed by atoms with Crippen molar-refractivity contribution in [1.29, 1.82) is 0 Å². The minimum absolute atomic E-state index is 0.783. The van der Waals surface area contributed by atoms with Crippen molar-refractivity contribution in [3.8, 4) is 11.8 Å². The first-order valence-electron chi connectivity index (χ1n) is 6.45. The normalized spacial score (nSPS) is 10.5. The standard InChI is InChI=1S/C19H16S/c1-2-10-17(18-11-5-3-6-12-18)13-9-16-20-19-14-7-4-8-15-19/h2-8,10-12,14-15H,1,16H2/b17-10+. The molecule has 2 rings (SSSR count). The fraction of sp³-hybridized carbons (Fsp3) is 0.0526. The number of hydrogen-bond donors (Lipinski definition) is 0. The second kappa shape index (κ2) is 8.09. The van der Waals surface area contributed by atoms with Crippen molar-refractivity contribution in [2.75, 3.05) is 5.75 Å². The van der Waals surface area contributed by atoms with Crippen LogP contribution in [0.15, 0.2) is 84.3 Å². The molecule has 0 N–H and O–H groups in total. The van der Waals surface area contributed by atoms with Gasteiger partial charge < -0.3 is 0 Å². The lowest BCUT2D eigenvalue weighted by Gasteiger charge is -1.98. The summed E-state index contributed by atoms with van der Waals surface area (Å²) in [6, 6.07) is 20.5. The lowest BCUT2D eigenvalue weighted by atomic mass is 10.1. The first-order chi connectivity index (χ1) is 9.90. The maximum atomic E-state index is 3.75. The van der Waals surface area contributed by atoms with Gasteiger partial charge in [0, 0.05) is 10.5 Å². The minimum Gasteiger partial charge on any atom is -0.113 e. The molecule has 0 heterocycles. The zero-order chi connectivity index (χ0) is 14.0. The van der Waals surface area contributed by atoms with Crippen LogP contribution in [-0.4, -0.2) is 5.75 Å². The molecule has 0 radical (unpaired) electrons. The van der Waals surface area contributed by atoms with Crippen LogP contribution in [0.2, 0.25) is 0 Å². The Balaban J connectivity index is 2.02. The summed E-state index contributed by atoms with van der Waals surface area (Å²) in [5.41, 5.74) is 2.14. The molecule has 1 heteroatoms. The fourth-order valence-corrected chi connectivity index (χ4v) is 2.37. The van der Waals surface area contributed by atoms with Gasteiger partial charge in [0.1, 0.15) is 0 Å². The van der Waals surface area contributed by atoms with Gasteiger partial charge in [-0.05, 0) is 23.8 Å². The highest BCUT2D eigenvalue weighted by Crippen LogP contribution is 2.17. The van der Waals surface area contributed by atoms with Crippen LogP contribution in [-0.2, 0) is 0 Å². The maximum Gasteiger partial charge on any atom is 0.0598 e. The van der Waals surface area contributed by atoms with Crippen LogP contribution in [0.5, 0.6) is 0 Å². The minimum atomic E-state index is 0.783. The first-order valence-corrected chi connectivity index (χ1v) is 7.43. The van der Waals surface area contributed by atoms with Crippen molar-refractivity contribution in [3.05, 3.63) is 85.0 Å². The van der Waals surface area contributed by atoms with Crippen LogP contribution in [0, 0.1) is 11.8 Å². The Morgan fingerprint density at radius 2 is 1.65 bits per heavy atom. The predicted octanol–water partition coefficient (Wildman–Crippen LogP) is 5.05. The SMILES string of the molecule is C=C/C=C(\C#CCSc1ccccc1)c1ccccc1. The van der Waals surface area contributed by atoms with Gasteiger partial charge in [0.25, 0.3) is 0 Å². The fourth-order valence-electron chi connectivity index (χ4n) is 1.71. The second-order valence-corrected chi connectivity index (χ2v) is 5.13. The van der Waals surface area contributed by atoms with E-state index in [0.717, 1.165) is 16.9 Å². The topological polar surface area (TPSA) is 0 Å². The molecule has 0 saturated heterocycles. The zero-order valence-corrected chi connectivity index (χ0v) is 12.1. The highest BCUT2D eigenvalue weighted by atomic mass is 32.2. The Morgan fingerprint density at radius 3 is 2.30 bits per heavy atom. The van der Waals surface area contributed by atoms with E-state index in [1.165, 1.54) is 4.90 Å². The van der Waals surface area contributed by atoms with Gasteiger partial charge in [-0.2, -0.15) is 0 Å². The van der Waals surface area contributed by atoms with Crippen molar-refractivity contribution in [3.63, 3.8) is 0 Å². The average molecular weight is 276 g/mol. The van der Waals surface area contributed by atoms with E-state index in [4.69, 9.17) is 0 Å². The molecule has 0 aliphatic rings. The average Bonchev–Trinajstić information content (AvgIpc) is 2.52. The Kier molecular flexibility index (Phi) is 5.76. The molecule has 0 bridgehead atoms. The molecule has 0 fully saturated rings. The van der Waals surface area contributed by atoms with E-state index in [9.17, 15) is 0 Å². The van der Waals surface area contributed by atoms with Gasteiger partial charge >= 0.3 is 0 Å². The van der Waals surface area contributed by atoms with Crippen molar-refractivity contribution >= 4 is 17.3 Å². The van der Waals surface area contributed by atoms with Crippen LogP contribution in [0.4, 0.5) is 0 Å². The number of benzene rings is 2. The zero-order valence-electron chi connectivity index (χ0n) is 11.3. The molecule has 0 aromatic heterocycles. The molecule has 20 heavy (non-hydrogen) atoms. The van der Waals surface area contributed by atoms with Crippen molar-refractivity contribution < 1.29 is 0 Å². The summed E-state index contributed by atoms with van der Waals surface area (Å²) in [6.07, 6.45) is 3.73. The Labute approximate surface area is 125 Å². The number of thioether (sulfide) groups is 1. The number of allylic oxidation sites excluding steroid dienone is 3. The molecule has 0 aliphatic carbocycles. The third-order valence-electron chi connectivity index (χ3n) is 2.65. The molecule has 0 unspecified atom stereocenters. The summed E-state index contributed by atoms with van der Waals surface area (Å²) in [4.78, 5) is 1.25. The van der Waals surface area contributed by atoms with Gasteiger partial charge in [0.2, 0.25) is 0 Å². The van der Waals surface area contributed by atoms with Crippen molar-refractivity contribution in [2.24, 2.45) is 0 Å². The third-order valence-corrected chi connectivity index (χ3v) is 3.54. The summed E-state index contributed by atoms with van der Waals surface area (Å²) in [6.45, 7) is 3.75. The molecule has 0 amide bonds. The van der Waals surface area contributed by atoms with Crippen molar-refractivity contribution in [2.45, 2.75) is 4.90 Å². The Morgan fingerprint density at radius 1 is 1.00 bits per heavy atom. The monoisotopic (exact) mass is 276 g/mol. The van der Waals surface area contributed by atoms with Crippen LogP contribution < -0.4 is 0 Å². The molecule has 2 aromatic carbocycles. The molecule has 0 atom stereocenters. The number of hydrogen-bond acceptors (Lipinski definition) is 1. The highest BCUT2D eigenvalue weighted by molar-refractivity contribution is 7.99. The molecular formula is C19H16S. The van der Waals surface area contributed by atoms with E-state index in [0.29, 0.717) is 0 Å². The largest absolute Gasteiger partial charge is 0.113 e. The first kappa shape index (κ1) is 14.2. The molecule has 0 nitrogen and oxygen atoms in total. The molecule has 2 aromatic rings. The Bertz CT molecular complexity index is 628. The van der Waals surface area contributed by atoms with Gasteiger partial charge in [0.05, 0.1) is 5.75 Å². The molecule has 0 spiro atoms. The van der Waals surface area contributed by atoms with Gasteiger partial charge in [0.15, 0.2) is 0 Å². The van der Waals surface area contributed by atoms with Gasteiger partial charge in [-0.1, -0.05) is 73.0 Å². The Hall–Kier alpha value is -2.17. The quantitative estimate of drug-likeness (QED) is 0.428.